The van der Waals surface area contributed by atoms with Crippen molar-refractivity contribution in [1.82, 2.24) is 0 Å². The molecule has 2 amide bonds. The van der Waals surface area contributed by atoms with Gasteiger partial charge >= 0.3 is 0 Å². The Morgan fingerprint density at radius 3 is 1.69 bits per heavy atom. The van der Waals surface area contributed by atoms with Crippen molar-refractivity contribution in [3.05, 3.63) is 121 Å². The van der Waals surface area contributed by atoms with E-state index in [9.17, 15) is 9.59 Å². The lowest BCUT2D eigenvalue weighted by Crippen LogP contribution is -2.14. The van der Waals surface area contributed by atoms with Crippen molar-refractivity contribution in [3.8, 4) is 11.5 Å². The predicted molar refractivity (Wildman–Crippen MR) is 149 cm³/mol. The van der Waals surface area contributed by atoms with E-state index >= 15 is 0 Å². The maximum atomic E-state index is 12.5. The Morgan fingerprint density at radius 2 is 1.19 bits per heavy atom. The minimum Gasteiger partial charge on any atom is -0.493 e. The lowest BCUT2D eigenvalue weighted by Gasteiger charge is -2.11. The summed E-state index contributed by atoms with van der Waals surface area (Å²) in [5, 5.41) is 5.63. The molecule has 0 saturated heterocycles. The summed E-state index contributed by atoms with van der Waals surface area (Å²) in [6.07, 6.45) is 7.07. The number of ether oxygens (including phenoxy) is 2. The Hall–Kier alpha value is -4.58. The highest BCUT2D eigenvalue weighted by Gasteiger charge is 2.12. The van der Waals surface area contributed by atoms with E-state index < -0.39 is 0 Å². The molecule has 0 aliphatic heterocycles. The molecule has 0 fully saturated rings. The molecule has 0 atom stereocenters. The van der Waals surface area contributed by atoms with Crippen molar-refractivity contribution < 1.29 is 19.1 Å². The van der Waals surface area contributed by atoms with Crippen molar-refractivity contribution in [2.75, 3.05) is 24.9 Å². The minimum atomic E-state index is -0.299. The number of allylic oxidation sites excluding steroid dienone is 4. The van der Waals surface area contributed by atoms with Gasteiger partial charge in [0.2, 0.25) is 0 Å². The van der Waals surface area contributed by atoms with Gasteiger partial charge in [-0.15, -0.1) is 0 Å². The van der Waals surface area contributed by atoms with Gasteiger partial charge in [0, 0.05) is 22.5 Å². The van der Waals surface area contributed by atoms with Gasteiger partial charge in [-0.25, -0.2) is 0 Å². The first-order valence-electron chi connectivity index (χ1n) is 11.4. The number of hydrogen-bond acceptors (Lipinski definition) is 4. The largest absolute Gasteiger partial charge is 0.493 e. The van der Waals surface area contributed by atoms with E-state index in [2.05, 4.69) is 23.8 Å². The summed E-state index contributed by atoms with van der Waals surface area (Å²) in [5.74, 6) is 0.500. The smallest absolute Gasteiger partial charge is 0.255 e. The summed E-state index contributed by atoms with van der Waals surface area (Å²) < 4.78 is 10.4. The van der Waals surface area contributed by atoms with Crippen LogP contribution in [-0.4, -0.2) is 26.0 Å². The third kappa shape index (κ3) is 9.73. The molecule has 0 unspecified atom stereocenters. The monoisotopic (exact) mass is 486 g/mol. The van der Waals surface area contributed by atoms with Crippen LogP contribution >= 0.6 is 0 Å². The molecule has 0 bridgehead atoms. The topological polar surface area (TPSA) is 76.7 Å². The standard InChI is InChI=1S/C22H20N2O4.C6H8.C2H6/c1-27-19-12-11-16(13-20(19)28-2)22(26)24-18-10-6-9-17(14-18)23-21(25)15-7-4-3-5-8-15;1-3-5-6-4-2;1-2/h3-14H,1-2H3,(H,23,25)(H,24,26);3-6H,1-2H2;1-2H3/b;6-5-;. The van der Waals surface area contributed by atoms with Crippen LogP contribution in [0.4, 0.5) is 11.4 Å². The third-order valence-electron chi connectivity index (χ3n) is 4.44. The average Bonchev–Trinajstić information content (AvgIpc) is 2.93. The van der Waals surface area contributed by atoms with Crippen LogP contribution in [0, 0.1) is 0 Å². The Kier molecular flexibility index (Phi) is 13.9. The van der Waals surface area contributed by atoms with Gasteiger partial charge < -0.3 is 20.1 Å². The molecule has 0 saturated carbocycles. The summed E-state index contributed by atoms with van der Waals surface area (Å²) in [6, 6.07) is 20.8. The second-order valence-corrected chi connectivity index (χ2v) is 6.78. The van der Waals surface area contributed by atoms with Gasteiger partial charge in [0.1, 0.15) is 0 Å². The molecule has 36 heavy (non-hydrogen) atoms. The maximum Gasteiger partial charge on any atom is 0.255 e. The number of benzene rings is 3. The number of amides is 2. The molecule has 3 aromatic carbocycles. The fourth-order valence-electron chi connectivity index (χ4n) is 2.81. The number of hydrogen-bond donors (Lipinski definition) is 2. The van der Waals surface area contributed by atoms with E-state index in [4.69, 9.17) is 9.47 Å². The van der Waals surface area contributed by atoms with Gasteiger partial charge in [0.15, 0.2) is 11.5 Å². The molecule has 0 aliphatic rings. The molecule has 2 N–H and O–H groups in total. The van der Waals surface area contributed by atoms with E-state index in [0.29, 0.717) is 34.0 Å². The molecular formula is C30H34N2O4. The zero-order valence-electron chi connectivity index (χ0n) is 21.3. The molecule has 6 heteroatoms. The van der Waals surface area contributed by atoms with E-state index in [-0.39, 0.29) is 11.8 Å². The SMILES string of the molecule is C=C/C=C\C=C.CC.COc1ccc(C(=O)Nc2cccc(NC(=O)c3ccccc3)c2)cc1OC. The van der Waals surface area contributed by atoms with E-state index in [0.717, 1.165) is 0 Å². The highest BCUT2D eigenvalue weighted by atomic mass is 16.5. The number of nitrogens with one attached hydrogen (secondary N) is 2. The first-order chi connectivity index (χ1) is 17.5. The zero-order valence-corrected chi connectivity index (χ0v) is 21.3. The van der Waals surface area contributed by atoms with Gasteiger partial charge in [0.05, 0.1) is 14.2 Å². The number of methoxy groups -OCH3 is 2. The van der Waals surface area contributed by atoms with Crippen molar-refractivity contribution in [2.24, 2.45) is 0 Å². The molecular weight excluding hydrogens is 452 g/mol. The number of carbonyl (C=O) groups is 2. The summed E-state index contributed by atoms with van der Waals surface area (Å²) in [5.41, 5.74) is 2.13. The van der Waals surface area contributed by atoms with Crippen molar-refractivity contribution in [1.29, 1.82) is 0 Å². The van der Waals surface area contributed by atoms with Gasteiger partial charge in [-0.1, -0.05) is 75.6 Å². The van der Waals surface area contributed by atoms with Crippen LogP contribution in [0.5, 0.6) is 11.5 Å². The molecule has 3 aromatic rings. The van der Waals surface area contributed by atoms with Crippen LogP contribution in [0.15, 0.2) is 110 Å². The molecule has 6 nitrogen and oxygen atoms in total. The number of anilines is 2. The van der Waals surface area contributed by atoms with Crippen molar-refractivity contribution in [3.63, 3.8) is 0 Å². The van der Waals surface area contributed by atoms with E-state index in [1.54, 1.807) is 78.9 Å². The highest BCUT2D eigenvalue weighted by molar-refractivity contribution is 6.06. The summed E-state index contributed by atoms with van der Waals surface area (Å²) in [6.45, 7) is 10.9. The number of rotatable bonds is 8. The fourth-order valence-corrected chi connectivity index (χ4v) is 2.81. The molecule has 0 radical (unpaired) electrons. The lowest BCUT2D eigenvalue weighted by atomic mass is 10.1. The van der Waals surface area contributed by atoms with Gasteiger partial charge in [-0.2, -0.15) is 0 Å². The third-order valence-corrected chi connectivity index (χ3v) is 4.44. The fraction of sp³-hybridized carbons (Fsp3) is 0.133. The quantitative estimate of drug-likeness (QED) is 0.332. The summed E-state index contributed by atoms with van der Waals surface area (Å²) >= 11 is 0. The van der Waals surface area contributed by atoms with Crippen molar-refractivity contribution in [2.45, 2.75) is 13.8 Å². The molecule has 0 spiro atoms. The molecule has 0 heterocycles. The van der Waals surface area contributed by atoms with Crippen LogP contribution in [-0.2, 0) is 0 Å². The summed E-state index contributed by atoms with van der Waals surface area (Å²) in [7, 11) is 3.05. The number of carbonyl (C=O) groups excluding carboxylic acids is 2. The van der Waals surface area contributed by atoms with E-state index in [1.807, 2.05) is 32.1 Å². The molecule has 0 aromatic heterocycles. The second-order valence-electron chi connectivity index (χ2n) is 6.78. The highest BCUT2D eigenvalue weighted by Crippen LogP contribution is 2.28. The Bertz CT molecular complexity index is 1140. The van der Waals surface area contributed by atoms with Crippen LogP contribution < -0.4 is 20.1 Å². The van der Waals surface area contributed by atoms with Crippen LogP contribution in [0.1, 0.15) is 34.6 Å². The Labute approximate surface area is 214 Å². The van der Waals surface area contributed by atoms with Gasteiger partial charge in [0.25, 0.3) is 11.8 Å². The Morgan fingerprint density at radius 1 is 0.667 bits per heavy atom. The van der Waals surface area contributed by atoms with Gasteiger partial charge in [-0.05, 0) is 48.5 Å². The minimum absolute atomic E-state index is 0.219. The lowest BCUT2D eigenvalue weighted by molar-refractivity contribution is 0.101. The normalized spacial score (nSPS) is 9.44. The van der Waals surface area contributed by atoms with Gasteiger partial charge in [-0.3, -0.25) is 9.59 Å². The first-order valence-corrected chi connectivity index (χ1v) is 11.4. The molecule has 0 aliphatic carbocycles. The maximum absolute atomic E-state index is 12.5. The Balaban J connectivity index is 0.000000710. The molecule has 3 rings (SSSR count). The van der Waals surface area contributed by atoms with Crippen LogP contribution in [0.25, 0.3) is 0 Å². The predicted octanol–water partition coefficient (Wildman–Crippen LogP) is 7.15. The van der Waals surface area contributed by atoms with Crippen molar-refractivity contribution >= 4 is 23.2 Å². The second kappa shape index (κ2) is 16.9. The average molecular weight is 487 g/mol. The first kappa shape index (κ1) is 29.5. The summed E-state index contributed by atoms with van der Waals surface area (Å²) in [4.78, 5) is 24.8. The van der Waals surface area contributed by atoms with Crippen LogP contribution in [0.3, 0.4) is 0 Å². The molecule has 188 valence electrons. The van der Waals surface area contributed by atoms with Crippen LogP contribution in [0.2, 0.25) is 0 Å². The zero-order chi connectivity index (χ0) is 26.8. The van der Waals surface area contributed by atoms with E-state index in [1.165, 1.54) is 14.2 Å².